The van der Waals surface area contributed by atoms with Crippen molar-refractivity contribution in [3.05, 3.63) is 23.4 Å². The number of aliphatic imine (C=N–C) groups is 1. The lowest BCUT2D eigenvalue weighted by atomic mass is 9.85. The van der Waals surface area contributed by atoms with Gasteiger partial charge in [0.15, 0.2) is 12.3 Å². The van der Waals surface area contributed by atoms with Gasteiger partial charge in [0, 0.05) is 17.7 Å². The van der Waals surface area contributed by atoms with Crippen LogP contribution in [-0.4, -0.2) is 57.3 Å². The number of halogens is 6. The molecule has 2 aliphatic rings. The molecule has 37 heavy (non-hydrogen) atoms. The van der Waals surface area contributed by atoms with Crippen LogP contribution in [0.25, 0.3) is 11.2 Å². The third-order valence-electron chi connectivity index (χ3n) is 6.41. The summed E-state index contributed by atoms with van der Waals surface area (Å²) < 4.78 is 69.6. The van der Waals surface area contributed by atoms with Crippen LogP contribution in [0.1, 0.15) is 49.9 Å². The van der Waals surface area contributed by atoms with Crippen molar-refractivity contribution in [1.82, 2.24) is 20.3 Å². The first-order valence-electron chi connectivity index (χ1n) is 11.8. The first kappa shape index (κ1) is 27.1. The maximum absolute atomic E-state index is 13.0. The van der Waals surface area contributed by atoms with E-state index in [1.54, 1.807) is 0 Å². The van der Waals surface area contributed by atoms with Gasteiger partial charge in [-0.25, -0.2) is 18.8 Å². The summed E-state index contributed by atoms with van der Waals surface area (Å²) in [6.07, 6.45) is -5.06. The van der Waals surface area contributed by atoms with E-state index in [0.717, 1.165) is 5.70 Å². The number of hydrogen-bond acceptors (Lipinski definition) is 6. The number of nitrogens with zero attached hydrogens (tertiary/aromatic N) is 3. The molecule has 4 rings (SSSR count). The lowest BCUT2D eigenvalue weighted by Crippen LogP contribution is -2.40. The number of aromatic amines is 1. The Balaban J connectivity index is 1.54. The summed E-state index contributed by atoms with van der Waals surface area (Å²) >= 11 is 6.29. The number of pyridine rings is 1. The Morgan fingerprint density at radius 2 is 1.95 bits per heavy atom. The number of ether oxygens (including phenoxy) is 1. The summed E-state index contributed by atoms with van der Waals surface area (Å²) in [5.74, 6) is -2.17. The number of aromatic nitrogens is 3. The third-order valence-corrected chi connectivity index (χ3v) is 6.73. The molecule has 0 aromatic carbocycles. The highest BCUT2D eigenvalue weighted by Gasteiger charge is 2.41. The van der Waals surface area contributed by atoms with Crippen molar-refractivity contribution < 1.29 is 31.5 Å². The highest BCUT2D eigenvalue weighted by molar-refractivity contribution is 6.67. The van der Waals surface area contributed by atoms with Crippen LogP contribution in [0.2, 0.25) is 0 Å². The van der Waals surface area contributed by atoms with Crippen molar-refractivity contribution in [2.24, 2.45) is 16.8 Å². The molecule has 1 saturated carbocycles. The van der Waals surface area contributed by atoms with Gasteiger partial charge < -0.3 is 20.4 Å². The number of alkyl halides is 5. The molecule has 3 N–H and O–H groups in total. The quantitative estimate of drug-likeness (QED) is 0.401. The van der Waals surface area contributed by atoms with Gasteiger partial charge in [-0.2, -0.15) is 18.2 Å². The summed E-state index contributed by atoms with van der Waals surface area (Å²) in [6, 6.07) is 0.466. The number of rotatable bonds is 7. The fraction of sp³-hybridized carbons (Fsp3) is 0.565. The Hall–Kier alpha value is -2.96. The van der Waals surface area contributed by atoms with E-state index < -0.39 is 37.1 Å². The number of carbonyl (C=O) groups is 1. The van der Waals surface area contributed by atoms with Crippen molar-refractivity contribution in [3.63, 3.8) is 0 Å². The zero-order valence-corrected chi connectivity index (χ0v) is 20.8. The molecule has 1 amide bonds. The predicted octanol–water partition coefficient (Wildman–Crippen LogP) is 5.42. The van der Waals surface area contributed by atoms with E-state index in [9.17, 15) is 26.7 Å². The van der Waals surface area contributed by atoms with E-state index in [1.807, 2.05) is 19.9 Å². The van der Waals surface area contributed by atoms with Crippen molar-refractivity contribution in [2.45, 2.75) is 64.2 Å². The van der Waals surface area contributed by atoms with E-state index in [4.69, 9.17) is 16.3 Å². The largest absolute Gasteiger partial charge is 0.471 e. The van der Waals surface area contributed by atoms with Crippen LogP contribution in [0.3, 0.4) is 0 Å². The van der Waals surface area contributed by atoms with Crippen molar-refractivity contribution in [1.29, 1.82) is 0 Å². The van der Waals surface area contributed by atoms with E-state index in [0.29, 0.717) is 5.17 Å². The molecule has 0 radical (unpaired) electrons. The minimum absolute atomic E-state index is 0.00937. The van der Waals surface area contributed by atoms with Gasteiger partial charge in [0.05, 0.1) is 12.0 Å². The van der Waals surface area contributed by atoms with Gasteiger partial charge in [-0.3, -0.25) is 4.79 Å². The molecule has 2 aromatic heterocycles. The SMILES string of the molecule is CC1=CC(C)C(Nc2nc3cc(C(=O)N[C@H]4CC[C@H](C(F)(F)F)CC4)c(OCC(F)F)nc3[nH]2)C(Cl)=N1. The van der Waals surface area contributed by atoms with Crippen molar-refractivity contribution in [3.8, 4) is 5.88 Å². The molecule has 3 heterocycles. The van der Waals surface area contributed by atoms with E-state index in [1.165, 1.54) is 6.07 Å². The monoisotopic (exact) mass is 548 g/mol. The minimum atomic E-state index is -4.27. The van der Waals surface area contributed by atoms with Crippen LogP contribution < -0.4 is 15.4 Å². The van der Waals surface area contributed by atoms with Crippen LogP contribution in [-0.2, 0) is 0 Å². The van der Waals surface area contributed by atoms with Gasteiger partial charge in [-0.1, -0.05) is 24.6 Å². The number of amides is 1. The first-order chi connectivity index (χ1) is 17.4. The number of imidazole rings is 1. The second-order valence-electron chi connectivity index (χ2n) is 9.28. The van der Waals surface area contributed by atoms with Crippen LogP contribution in [0.15, 0.2) is 22.8 Å². The van der Waals surface area contributed by atoms with Crippen molar-refractivity contribution >= 4 is 39.8 Å². The molecule has 1 aliphatic heterocycles. The fourth-order valence-corrected chi connectivity index (χ4v) is 4.93. The van der Waals surface area contributed by atoms with E-state index in [-0.39, 0.29) is 66.2 Å². The Morgan fingerprint density at radius 1 is 1.24 bits per heavy atom. The standard InChI is InChI=1S/C23H26ClF5N6O2/c1-10-7-11(2)30-18(24)17(10)33-22-32-15-8-14(21(34-19(15)35-22)37-9-16(25)26)20(36)31-13-5-3-12(4-6-13)23(27,28)29/h7-8,10,12-13,16-17H,3-6,9H2,1-2H3,(H,31,36)(H2,32,33,34,35)/t10?,12-,13-,17?. The van der Waals surface area contributed by atoms with E-state index >= 15 is 0 Å². The fourth-order valence-electron chi connectivity index (χ4n) is 4.54. The minimum Gasteiger partial charge on any atom is -0.471 e. The highest BCUT2D eigenvalue weighted by atomic mass is 35.5. The number of carbonyl (C=O) groups excluding carboxylic acids is 1. The molecule has 1 fully saturated rings. The van der Waals surface area contributed by atoms with Gasteiger partial charge in [0.1, 0.15) is 16.3 Å². The Bertz CT molecular complexity index is 1210. The smallest absolute Gasteiger partial charge is 0.391 e. The molecule has 2 aromatic rings. The number of H-pyrrole nitrogens is 1. The van der Waals surface area contributed by atoms with Crippen LogP contribution >= 0.6 is 11.6 Å². The average molecular weight is 549 g/mol. The molecule has 14 heteroatoms. The number of hydrogen-bond donors (Lipinski definition) is 3. The molecule has 8 nitrogen and oxygen atoms in total. The van der Waals surface area contributed by atoms with Gasteiger partial charge in [-0.15, -0.1) is 0 Å². The molecule has 0 bridgehead atoms. The average Bonchev–Trinajstić information content (AvgIpc) is 3.20. The maximum atomic E-state index is 13.0. The Morgan fingerprint density at radius 3 is 2.57 bits per heavy atom. The molecule has 1 aliphatic carbocycles. The zero-order chi connectivity index (χ0) is 26.9. The summed E-state index contributed by atoms with van der Waals surface area (Å²) in [5.41, 5.74) is 1.07. The van der Waals surface area contributed by atoms with Crippen molar-refractivity contribution in [2.75, 3.05) is 11.9 Å². The Kier molecular flexibility index (Phi) is 7.91. The summed E-state index contributed by atoms with van der Waals surface area (Å²) in [5, 5.41) is 6.14. The number of nitrogens with one attached hydrogen (secondary N) is 3. The molecular formula is C23H26ClF5N6O2. The summed E-state index contributed by atoms with van der Waals surface area (Å²) in [6.45, 7) is 2.78. The van der Waals surface area contributed by atoms with Gasteiger partial charge in [-0.05, 0) is 38.7 Å². The van der Waals surface area contributed by atoms with Gasteiger partial charge in [0.25, 0.3) is 12.3 Å². The molecular weight excluding hydrogens is 523 g/mol. The normalized spacial score (nSPS) is 24.6. The van der Waals surface area contributed by atoms with Crippen LogP contribution in [0, 0.1) is 11.8 Å². The van der Waals surface area contributed by atoms with E-state index in [2.05, 4.69) is 30.6 Å². The van der Waals surface area contributed by atoms with Gasteiger partial charge in [0.2, 0.25) is 11.8 Å². The summed E-state index contributed by atoms with van der Waals surface area (Å²) in [7, 11) is 0. The molecule has 2 unspecified atom stereocenters. The lowest BCUT2D eigenvalue weighted by Gasteiger charge is -2.30. The number of allylic oxidation sites excluding steroid dienone is 1. The van der Waals surface area contributed by atoms with Crippen LogP contribution in [0.5, 0.6) is 5.88 Å². The predicted molar refractivity (Wildman–Crippen MR) is 128 cm³/mol. The third kappa shape index (κ3) is 6.49. The van der Waals surface area contributed by atoms with Crippen LogP contribution in [0.4, 0.5) is 27.9 Å². The molecule has 0 saturated heterocycles. The molecule has 202 valence electrons. The second kappa shape index (κ2) is 10.8. The number of fused-ring (bicyclic) bond motifs is 1. The molecule has 2 atom stereocenters. The van der Waals surface area contributed by atoms with Gasteiger partial charge >= 0.3 is 6.18 Å². The maximum Gasteiger partial charge on any atom is 0.391 e. The lowest BCUT2D eigenvalue weighted by molar-refractivity contribution is -0.182. The topological polar surface area (TPSA) is 104 Å². The Labute approximate surface area is 214 Å². The zero-order valence-electron chi connectivity index (χ0n) is 20.0. The second-order valence-corrected chi connectivity index (χ2v) is 9.67. The first-order valence-corrected chi connectivity index (χ1v) is 12.2. The summed E-state index contributed by atoms with van der Waals surface area (Å²) in [4.78, 5) is 28.7. The molecule has 0 spiro atoms. The highest BCUT2D eigenvalue weighted by Crippen LogP contribution is 2.37. The number of anilines is 1.